The predicted octanol–water partition coefficient (Wildman–Crippen LogP) is 4.55. The average Bonchev–Trinajstić information content (AvgIpc) is 2.99. The van der Waals surface area contributed by atoms with Gasteiger partial charge in [0.2, 0.25) is 5.91 Å². The summed E-state index contributed by atoms with van der Waals surface area (Å²) in [6, 6.07) is 2.91. The number of carbonyl (C=O) groups excluding carboxylic acids is 3. The molecule has 2 rings (SSSR count). The second-order valence-corrected chi connectivity index (χ2v) is 7.86. The molecule has 0 spiro atoms. The largest absolute Gasteiger partial charge is 0.338 e. The lowest BCUT2D eigenvalue weighted by Crippen LogP contribution is -2.29. The third-order valence-corrected chi connectivity index (χ3v) is 5.30. The first-order valence-electron chi connectivity index (χ1n) is 9.12. The standard InChI is InChI=1S/C19H24ClN5O3S/c1-5-6-7-21-18(28)25-19-22-11(3)16(29-19)17(27)24-15-9-14(23-12(4)26)10(2)8-13(15)20/h8-9H,5-7H2,1-4H3,(H,23,26)(H,24,27)(H2,21,22,25,28). The minimum absolute atomic E-state index is 0.223. The molecule has 0 radical (unpaired) electrons. The summed E-state index contributed by atoms with van der Waals surface area (Å²) in [6.07, 6.45) is 1.86. The van der Waals surface area contributed by atoms with E-state index in [2.05, 4.69) is 26.3 Å². The van der Waals surface area contributed by atoms with Crippen molar-refractivity contribution in [2.45, 2.75) is 40.5 Å². The van der Waals surface area contributed by atoms with Crippen molar-refractivity contribution in [1.29, 1.82) is 0 Å². The molecule has 2 aromatic rings. The summed E-state index contributed by atoms with van der Waals surface area (Å²) >= 11 is 7.31. The van der Waals surface area contributed by atoms with E-state index in [4.69, 9.17) is 11.6 Å². The number of nitrogens with zero attached hydrogens (tertiary/aromatic N) is 1. The van der Waals surface area contributed by atoms with Crippen LogP contribution in [0.4, 0.5) is 21.3 Å². The number of thiazole rings is 1. The molecule has 0 aliphatic heterocycles. The van der Waals surface area contributed by atoms with E-state index in [1.807, 2.05) is 6.92 Å². The number of carbonyl (C=O) groups is 3. The van der Waals surface area contributed by atoms with Crippen LogP contribution in [0.3, 0.4) is 0 Å². The fourth-order valence-corrected chi connectivity index (χ4v) is 3.57. The summed E-state index contributed by atoms with van der Waals surface area (Å²) in [5.74, 6) is -0.627. The number of halogens is 1. The lowest BCUT2D eigenvalue weighted by atomic mass is 10.1. The van der Waals surface area contributed by atoms with Crippen LogP contribution >= 0.6 is 22.9 Å². The second kappa shape index (κ2) is 10.2. The van der Waals surface area contributed by atoms with E-state index < -0.39 is 5.91 Å². The Kier molecular flexibility index (Phi) is 7.98. The first kappa shape index (κ1) is 22.6. The molecule has 0 aliphatic rings. The van der Waals surface area contributed by atoms with Gasteiger partial charge in [-0.25, -0.2) is 9.78 Å². The quantitative estimate of drug-likeness (QED) is 0.476. The predicted molar refractivity (Wildman–Crippen MR) is 117 cm³/mol. The summed E-state index contributed by atoms with van der Waals surface area (Å²) in [7, 11) is 0. The van der Waals surface area contributed by atoms with Crippen molar-refractivity contribution < 1.29 is 14.4 Å². The summed E-state index contributed by atoms with van der Waals surface area (Å²) in [5, 5.41) is 11.5. The highest BCUT2D eigenvalue weighted by molar-refractivity contribution is 7.17. The van der Waals surface area contributed by atoms with Crippen molar-refractivity contribution in [3.63, 3.8) is 0 Å². The second-order valence-electron chi connectivity index (χ2n) is 6.45. The van der Waals surface area contributed by atoms with Gasteiger partial charge >= 0.3 is 6.03 Å². The third-order valence-electron chi connectivity index (χ3n) is 3.91. The molecule has 0 fully saturated rings. The maximum Gasteiger partial charge on any atom is 0.321 e. The van der Waals surface area contributed by atoms with Crippen LogP contribution in [-0.4, -0.2) is 29.4 Å². The molecule has 1 aromatic heterocycles. The molecule has 156 valence electrons. The van der Waals surface area contributed by atoms with E-state index in [1.165, 1.54) is 6.92 Å². The Morgan fingerprint density at radius 2 is 1.83 bits per heavy atom. The molecular formula is C19H24ClN5O3S. The van der Waals surface area contributed by atoms with Crippen LogP contribution in [0.15, 0.2) is 12.1 Å². The Labute approximate surface area is 178 Å². The Bertz CT molecular complexity index is 929. The lowest BCUT2D eigenvalue weighted by molar-refractivity contribution is -0.114. The number of unbranched alkanes of at least 4 members (excludes halogenated alkanes) is 1. The Morgan fingerprint density at radius 1 is 1.10 bits per heavy atom. The van der Waals surface area contributed by atoms with Gasteiger partial charge in [-0.05, 0) is 38.0 Å². The number of anilines is 3. The van der Waals surface area contributed by atoms with Crippen LogP contribution in [0.5, 0.6) is 0 Å². The van der Waals surface area contributed by atoms with Crippen molar-refractivity contribution in [2.24, 2.45) is 0 Å². The molecule has 0 bridgehead atoms. The maximum absolute atomic E-state index is 12.7. The van der Waals surface area contributed by atoms with Crippen molar-refractivity contribution in [2.75, 3.05) is 22.5 Å². The van der Waals surface area contributed by atoms with Crippen LogP contribution in [0.2, 0.25) is 5.02 Å². The van der Waals surface area contributed by atoms with Gasteiger partial charge in [0.15, 0.2) is 5.13 Å². The smallest absolute Gasteiger partial charge is 0.321 e. The minimum Gasteiger partial charge on any atom is -0.338 e. The van der Waals surface area contributed by atoms with Crippen molar-refractivity contribution in [1.82, 2.24) is 10.3 Å². The molecule has 1 heterocycles. The normalized spacial score (nSPS) is 10.4. The van der Waals surface area contributed by atoms with Crippen molar-refractivity contribution in [3.05, 3.63) is 33.3 Å². The van der Waals surface area contributed by atoms with E-state index in [0.717, 1.165) is 29.7 Å². The lowest BCUT2D eigenvalue weighted by Gasteiger charge is -2.12. The number of aryl methyl sites for hydroxylation is 2. The Morgan fingerprint density at radius 3 is 2.48 bits per heavy atom. The van der Waals surface area contributed by atoms with Crippen molar-refractivity contribution in [3.8, 4) is 0 Å². The molecule has 1 aromatic carbocycles. The molecular weight excluding hydrogens is 414 g/mol. The van der Waals surface area contributed by atoms with Gasteiger partial charge in [-0.3, -0.25) is 14.9 Å². The van der Waals surface area contributed by atoms with Crippen LogP contribution in [-0.2, 0) is 4.79 Å². The monoisotopic (exact) mass is 437 g/mol. The van der Waals surface area contributed by atoms with E-state index in [1.54, 1.807) is 26.0 Å². The summed E-state index contributed by atoms with van der Waals surface area (Å²) < 4.78 is 0. The minimum atomic E-state index is -0.404. The molecule has 29 heavy (non-hydrogen) atoms. The highest BCUT2D eigenvalue weighted by Crippen LogP contribution is 2.31. The topological polar surface area (TPSA) is 112 Å². The summed E-state index contributed by atoms with van der Waals surface area (Å²) in [5.41, 5.74) is 2.19. The number of benzene rings is 1. The molecule has 4 amide bonds. The van der Waals surface area contributed by atoms with Crippen LogP contribution in [0.1, 0.15) is 47.6 Å². The van der Waals surface area contributed by atoms with Crippen molar-refractivity contribution >= 4 is 57.3 Å². The first-order chi connectivity index (χ1) is 13.7. The average molecular weight is 438 g/mol. The molecule has 0 atom stereocenters. The Balaban J connectivity index is 2.12. The first-order valence-corrected chi connectivity index (χ1v) is 10.3. The Hall–Kier alpha value is -2.65. The molecule has 0 saturated heterocycles. The number of aromatic nitrogens is 1. The number of amides is 4. The van der Waals surface area contributed by atoms with Gasteiger partial charge in [-0.2, -0.15) is 0 Å². The van der Waals surface area contributed by atoms with Gasteiger partial charge < -0.3 is 16.0 Å². The van der Waals surface area contributed by atoms with Crippen LogP contribution < -0.4 is 21.3 Å². The zero-order valence-electron chi connectivity index (χ0n) is 16.7. The van der Waals surface area contributed by atoms with E-state index in [0.29, 0.717) is 38.6 Å². The summed E-state index contributed by atoms with van der Waals surface area (Å²) in [6.45, 7) is 7.50. The number of hydrogen-bond donors (Lipinski definition) is 4. The number of hydrogen-bond acceptors (Lipinski definition) is 5. The van der Waals surface area contributed by atoms with Gasteiger partial charge in [0.25, 0.3) is 5.91 Å². The fraction of sp³-hybridized carbons (Fsp3) is 0.368. The van der Waals surface area contributed by atoms with Gasteiger partial charge in [-0.1, -0.05) is 36.3 Å². The number of urea groups is 1. The van der Waals surface area contributed by atoms with Gasteiger partial charge in [-0.15, -0.1) is 0 Å². The fourth-order valence-electron chi connectivity index (χ4n) is 2.45. The molecule has 0 unspecified atom stereocenters. The number of rotatable bonds is 7. The zero-order chi connectivity index (χ0) is 21.6. The molecule has 4 N–H and O–H groups in total. The highest BCUT2D eigenvalue weighted by Gasteiger charge is 2.18. The SMILES string of the molecule is CCCCNC(=O)Nc1nc(C)c(C(=O)Nc2cc(NC(C)=O)c(C)cc2Cl)s1. The zero-order valence-corrected chi connectivity index (χ0v) is 18.3. The van der Waals surface area contributed by atoms with Crippen LogP contribution in [0.25, 0.3) is 0 Å². The summed E-state index contributed by atoms with van der Waals surface area (Å²) in [4.78, 5) is 40.5. The van der Waals surface area contributed by atoms with Gasteiger partial charge in [0, 0.05) is 19.2 Å². The molecule has 10 heteroatoms. The van der Waals surface area contributed by atoms with Gasteiger partial charge in [0.05, 0.1) is 16.4 Å². The van der Waals surface area contributed by atoms with E-state index in [9.17, 15) is 14.4 Å². The molecule has 8 nitrogen and oxygen atoms in total. The molecule has 0 saturated carbocycles. The van der Waals surface area contributed by atoms with E-state index in [-0.39, 0.29) is 11.9 Å². The van der Waals surface area contributed by atoms with Gasteiger partial charge in [0.1, 0.15) is 4.88 Å². The highest BCUT2D eigenvalue weighted by atomic mass is 35.5. The molecule has 0 aliphatic carbocycles. The van der Waals surface area contributed by atoms with Crippen LogP contribution in [0, 0.1) is 13.8 Å². The van der Waals surface area contributed by atoms with E-state index >= 15 is 0 Å². The maximum atomic E-state index is 12.7. The third kappa shape index (κ3) is 6.43. The number of nitrogens with one attached hydrogen (secondary N) is 4.